The minimum atomic E-state index is -0.402. The summed E-state index contributed by atoms with van der Waals surface area (Å²) in [6.07, 6.45) is 0.109. The Kier molecular flexibility index (Phi) is 4.37. The summed E-state index contributed by atoms with van der Waals surface area (Å²) in [5.41, 5.74) is 6.28. The lowest BCUT2D eigenvalue weighted by Gasteiger charge is -2.34. The zero-order valence-electron chi connectivity index (χ0n) is 11.2. The summed E-state index contributed by atoms with van der Waals surface area (Å²) in [6.45, 7) is 6.36. The Morgan fingerprint density at radius 3 is 2.58 bits per heavy atom. The van der Waals surface area contributed by atoms with Crippen LogP contribution in [0.1, 0.15) is 12.5 Å². The highest BCUT2D eigenvalue weighted by Crippen LogP contribution is 2.14. The van der Waals surface area contributed by atoms with Gasteiger partial charge in [0.1, 0.15) is 5.82 Å². The molecular formula is C14H20FN3O. The third-order valence-electron chi connectivity index (χ3n) is 3.59. The number of amides is 1. The first-order valence-electron chi connectivity index (χ1n) is 6.64. The maximum atomic E-state index is 13.6. The van der Waals surface area contributed by atoms with Gasteiger partial charge in [-0.05, 0) is 24.2 Å². The molecule has 1 aliphatic heterocycles. The highest BCUT2D eigenvalue weighted by atomic mass is 19.1. The van der Waals surface area contributed by atoms with Gasteiger partial charge in [0.05, 0.1) is 6.42 Å². The molecule has 0 aliphatic carbocycles. The molecule has 1 aromatic carbocycles. The van der Waals surface area contributed by atoms with Crippen LogP contribution >= 0.6 is 0 Å². The molecule has 19 heavy (non-hydrogen) atoms. The first-order chi connectivity index (χ1) is 9.10. The van der Waals surface area contributed by atoms with Gasteiger partial charge in [-0.2, -0.15) is 0 Å². The van der Waals surface area contributed by atoms with Crippen molar-refractivity contribution in [2.45, 2.75) is 13.3 Å². The normalized spacial score (nSPS) is 16.6. The number of rotatable bonds is 3. The molecule has 1 saturated heterocycles. The number of benzene rings is 1. The Morgan fingerprint density at radius 1 is 1.32 bits per heavy atom. The SMILES string of the molecule is CCN1CCN(C(=O)Cc2ccc(N)cc2F)CC1. The number of nitrogens with zero attached hydrogens (tertiary/aromatic N) is 2. The number of carbonyl (C=O) groups excluding carboxylic acids is 1. The van der Waals surface area contributed by atoms with Gasteiger partial charge in [0.15, 0.2) is 0 Å². The van der Waals surface area contributed by atoms with Crippen molar-refractivity contribution in [3.05, 3.63) is 29.6 Å². The fraction of sp³-hybridized carbons (Fsp3) is 0.500. The van der Waals surface area contributed by atoms with Crippen LogP contribution in [0.25, 0.3) is 0 Å². The van der Waals surface area contributed by atoms with Crippen LogP contribution in [-0.2, 0) is 11.2 Å². The van der Waals surface area contributed by atoms with Gasteiger partial charge >= 0.3 is 0 Å². The van der Waals surface area contributed by atoms with Crippen molar-refractivity contribution in [3.8, 4) is 0 Å². The Morgan fingerprint density at radius 2 is 2.00 bits per heavy atom. The van der Waals surface area contributed by atoms with Crippen LogP contribution in [0.4, 0.5) is 10.1 Å². The second kappa shape index (κ2) is 6.02. The maximum Gasteiger partial charge on any atom is 0.227 e. The van der Waals surface area contributed by atoms with Crippen LogP contribution in [0, 0.1) is 5.82 Å². The smallest absolute Gasteiger partial charge is 0.227 e. The van der Waals surface area contributed by atoms with E-state index in [0.717, 1.165) is 32.7 Å². The largest absolute Gasteiger partial charge is 0.399 e. The summed E-state index contributed by atoms with van der Waals surface area (Å²) in [7, 11) is 0. The Bertz CT molecular complexity index is 456. The molecule has 4 nitrogen and oxygen atoms in total. The van der Waals surface area contributed by atoms with Gasteiger partial charge in [0.25, 0.3) is 0 Å². The van der Waals surface area contributed by atoms with Crippen molar-refractivity contribution in [2.75, 3.05) is 38.5 Å². The fourth-order valence-electron chi connectivity index (χ4n) is 2.30. The van der Waals surface area contributed by atoms with E-state index in [1.54, 1.807) is 12.1 Å². The molecule has 0 unspecified atom stereocenters. The second-order valence-corrected chi connectivity index (χ2v) is 4.84. The molecule has 1 heterocycles. The van der Waals surface area contributed by atoms with E-state index in [0.29, 0.717) is 11.3 Å². The Labute approximate surface area is 113 Å². The van der Waals surface area contributed by atoms with Crippen molar-refractivity contribution in [1.29, 1.82) is 0 Å². The molecule has 1 aromatic rings. The van der Waals surface area contributed by atoms with Crippen LogP contribution in [0.15, 0.2) is 18.2 Å². The fourth-order valence-corrected chi connectivity index (χ4v) is 2.30. The van der Waals surface area contributed by atoms with Gasteiger partial charge in [0, 0.05) is 31.9 Å². The van der Waals surface area contributed by atoms with Crippen molar-refractivity contribution >= 4 is 11.6 Å². The van der Waals surface area contributed by atoms with Gasteiger partial charge in [-0.25, -0.2) is 4.39 Å². The lowest BCUT2D eigenvalue weighted by atomic mass is 10.1. The van der Waals surface area contributed by atoms with E-state index in [1.807, 2.05) is 4.90 Å². The van der Waals surface area contributed by atoms with Gasteiger partial charge in [0.2, 0.25) is 5.91 Å². The molecule has 0 saturated carbocycles. The molecule has 2 rings (SSSR count). The minimum absolute atomic E-state index is 0.0144. The van der Waals surface area contributed by atoms with E-state index >= 15 is 0 Å². The Hall–Kier alpha value is -1.62. The van der Waals surface area contributed by atoms with Crippen LogP contribution in [-0.4, -0.2) is 48.4 Å². The highest BCUT2D eigenvalue weighted by Gasteiger charge is 2.20. The van der Waals surface area contributed by atoms with Gasteiger partial charge in [-0.15, -0.1) is 0 Å². The number of carbonyl (C=O) groups is 1. The molecular weight excluding hydrogens is 245 g/mol. The summed E-state index contributed by atoms with van der Waals surface area (Å²) in [4.78, 5) is 16.2. The topological polar surface area (TPSA) is 49.6 Å². The highest BCUT2D eigenvalue weighted by molar-refractivity contribution is 5.79. The first kappa shape index (κ1) is 13.8. The predicted molar refractivity (Wildman–Crippen MR) is 73.2 cm³/mol. The molecule has 0 aromatic heterocycles. The monoisotopic (exact) mass is 265 g/mol. The van der Waals surface area contributed by atoms with Gasteiger partial charge in [-0.3, -0.25) is 4.79 Å². The molecule has 1 amide bonds. The summed E-state index contributed by atoms with van der Waals surface area (Å²) in [5, 5.41) is 0. The average molecular weight is 265 g/mol. The summed E-state index contributed by atoms with van der Waals surface area (Å²) < 4.78 is 13.6. The van der Waals surface area contributed by atoms with E-state index in [9.17, 15) is 9.18 Å². The molecule has 104 valence electrons. The minimum Gasteiger partial charge on any atom is -0.399 e. The number of nitrogens with two attached hydrogens (primary N) is 1. The number of piperazine rings is 1. The lowest BCUT2D eigenvalue weighted by Crippen LogP contribution is -2.48. The zero-order chi connectivity index (χ0) is 13.8. The molecule has 1 fully saturated rings. The van der Waals surface area contributed by atoms with Crippen LogP contribution < -0.4 is 5.73 Å². The zero-order valence-corrected chi connectivity index (χ0v) is 11.2. The van der Waals surface area contributed by atoms with Crippen molar-refractivity contribution < 1.29 is 9.18 Å². The maximum absolute atomic E-state index is 13.6. The first-order valence-corrected chi connectivity index (χ1v) is 6.64. The molecule has 0 atom stereocenters. The van der Waals surface area contributed by atoms with E-state index in [4.69, 9.17) is 5.73 Å². The van der Waals surface area contributed by atoms with E-state index in [1.165, 1.54) is 6.07 Å². The number of likely N-dealkylation sites (N-methyl/N-ethyl adjacent to an activating group) is 1. The van der Waals surface area contributed by atoms with E-state index in [2.05, 4.69) is 11.8 Å². The summed E-state index contributed by atoms with van der Waals surface area (Å²) in [5.74, 6) is -0.417. The van der Waals surface area contributed by atoms with Crippen LogP contribution in [0.2, 0.25) is 0 Å². The summed E-state index contributed by atoms with van der Waals surface area (Å²) >= 11 is 0. The molecule has 5 heteroatoms. The molecule has 1 aliphatic rings. The van der Waals surface area contributed by atoms with E-state index < -0.39 is 5.82 Å². The van der Waals surface area contributed by atoms with Crippen molar-refractivity contribution in [2.24, 2.45) is 0 Å². The summed E-state index contributed by atoms with van der Waals surface area (Å²) in [6, 6.07) is 4.48. The van der Waals surface area contributed by atoms with Gasteiger partial charge in [-0.1, -0.05) is 13.0 Å². The number of anilines is 1. The molecule has 0 spiro atoms. The number of nitrogen functional groups attached to an aromatic ring is 1. The Balaban J connectivity index is 1.94. The number of hydrogen-bond acceptors (Lipinski definition) is 3. The van der Waals surface area contributed by atoms with Crippen LogP contribution in [0.3, 0.4) is 0 Å². The van der Waals surface area contributed by atoms with Gasteiger partial charge < -0.3 is 15.5 Å². The average Bonchev–Trinajstić information content (AvgIpc) is 2.42. The third kappa shape index (κ3) is 3.44. The molecule has 0 radical (unpaired) electrons. The van der Waals surface area contributed by atoms with Crippen molar-refractivity contribution in [3.63, 3.8) is 0 Å². The number of hydrogen-bond donors (Lipinski definition) is 1. The molecule has 2 N–H and O–H groups in total. The lowest BCUT2D eigenvalue weighted by molar-refractivity contribution is -0.132. The second-order valence-electron chi connectivity index (χ2n) is 4.84. The predicted octanol–water partition coefficient (Wildman–Crippen LogP) is 1.11. The quantitative estimate of drug-likeness (QED) is 0.833. The van der Waals surface area contributed by atoms with Crippen LogP contribution in [0.5, 0.6) is 0 Å². The van der Waals surface area contributed by atoms with Crippen molar-refractivity contribution in [1.82, 2.24) is 9.80 Å². The molecule has 0 bridgehead atoms. The third-order valence-corrected chi connectivity index (χ3v) is 3.59. The van der Waals surface area contributed by atoms with E-state index in [-0.39, 0.29) is 12.3 Å². The standard InChI is InChI=1S/C14H20FN3O/c1-2-17-5-7-18(8-6-17)14(19)9-11-3-4-12(16)10-13(11)15/h3-4,10H,2,5-9,16H2,1H3. The number of halogens is 1.